The molecule has 30 heavy (non-hydrogen) atoms. The van der Waals surface area contributed by atoms with Crippen molar-refractivity contribution in [1.82, 2.24) is 19.6 Å². The molecule has 0 unspecified atom stereocenters. The number of nitrogens with zero attached hydrogens (tertiary/aromatic N) is 4. The van der Waals surface area contributed by atoms with Crippen LogP contribution < -0.4 is 5.32 Å². The highest BCUT2D eigenvalue weighted by Gasteiger charge is 2.35. The molecule has 10 heteroatoms. The summed E-state index contributed by atoms with van der Waals surface area (Å²) < 4.78 is 41.6. The molecule has 1 N–H and O–H groups in total. The van der Waals surface area contributed by atoms with E-state index < -0.39 is 17.8 Å². The highest BCUT2D eigenvalue weighted by atomic mass is 35.5. The van der Waals surface area contributed by atoms with Gasteiger partial charge in [0.05, 0.1) is 10.7 Å². The molecule has 3 aromatic heterocycles. The third-order valence-corrected chi connectivity index (χ3v) is 4.49. The molecule has 0 atom stereocenters. The molecule has 3 heterocycles. The van der Waals surface area contributed by atoms with E-state index in [0.29, 0.717) is 15.1 Å². The number of fused-ring (bicyclic) bond motifs is 1. The molecular weight excluding hydrogens is 419 g/mol. The van der Waals surface area contributed by atoms with Crippen molar-refractivity contribution < 1.29 is 18.0 Å². The van der Waals surface area contributed by atoms with Crippen molar-refractivity contribution in [3.8, 4) is 11.3 Å². The molecule has 0 spiro atoms. The topological polar surface area (TPSA) is 72.2 Å². The zero-order valence-corrected chi connectivity index (χ0v) is 16.2. The number of hydrogen-bond donors (Lipinski definition) is 1. The van der Waals surface area contributed by atoms with Crippen LogP contribution in [0.15, 0.2) is 54.7 Å². The summed E-state index contributed by atoms with van der Waals surface area (Å²) >= 11 is 5.75. The summed E-state index contributed by atoms with van der Waals surface area (Å²) in [7, 11) is 0. The van der Waals surface area contributed by atoms with Crippen LogP contribution >= 0.6 is 11.6 Å². The predicted molar refractivity (Wildman–Crippen MR) is 105 cm³/mol. The van der Waals surface area contributed by atoms with Gasteiger partial charge < -0.3 is 5.32 Å². The second kappa shape index (κ2) is 7.42. The molecule has 4 rings (SSSR count). The van der Waals surface area contributed by atoms with Gasteiger partial charge in [0.1, 0.15) is 5.82 Å². The van der Waals surface area contributed by atoms with Crippen LogP contribution in [0.5, 0.6) is 0 Å². The van der Waals surface area contributed by atoms with Crippen molar-refractivity contribution in [2.75, 3.05) is 5.32 Å². The summed E-state index contributed by atoms with van der Waals surface area (Å²) in [6, 6.07) is 12.0. The van der Waals surface area contributed by atoms with Crippen molar-refractivity contribution >= 4 is 29.0 Å². The number of carbonyl (C=O) groups excluding carboxylic acids is 1. The van der Waals surface area contributed by atoms with Crippen LogP contribution in [0.1, 0.15) is 21.7 Å². The number of nitrogens with one attached hydrogen (secondary N) is 1. The zero-order chi connectivity index (χ0) is 21.5. The molecule has 0 aliphatic rings. The number of rotatable bonds is 3. The molecule has 152 valence electrons. The van der Waals surface area contributed by atoms with E-state index in [1.165, 1.54) is 24.4 Å². The van der Waals surface area contributed by atoms with Gasteiger partial charge in [-0.1, -0.05) is 41.4 Å². The standard InChI is InChI=1S/C20H13ClF3N5O/c1-11-2-4-12(5-3-11)14-8-16(20(22,23)24)29-18(26-14)9-15(28-29)19(30)27-17-7-6-13(21)10-25-17/h2-10H,1H3,(H,25,27,30). The van der Waals surface area contributed by atoms with Crippen molar-refractivity contribution in [3.05, 3.63) is 76.7 Å². The maximum absolute atomic E-state index is 13.7. The number of aryl methyl sites for hydroxylation is 1. The summed E-state index contributed by atoms with van der Waals surface area (Å²) in [5.41, 5.74) is 0.245. The predicted octanol–water partition coefficient (Wildman–Crippen LogP) is 5.02. The first kappa shape index (κ1) is 19.8. The fourth-order valence-electron chi connectivity index (χ4n) is 2.79. The summed E-state index contributed by atoms with van der Waals surface area (Å²) in [6.45, 7) is 1.87. The lowest BCUT2D eigenvalue weighted by atomic mass is 10.1. The number of benzene rings is 1. The van der Waals surface area contributed by atoms with Gasteiger partial charge in [-0.2, -0.15) is 18.3 Å². The largest absolute Gasteiger partial charge is 0.433 e. The molecule has 0 radical (unpaired) electrons. The van der Waals surface area contributed by atoms with Gasteiger partial charge in [0.15, 0.2) is 17.0 Å². The fourth-order valence-corrected chi connectivity index (χ4v) is 2.90. The lowest BCUT2D eigenvalue weighted by Crippen LogP contribution is -2.16. The van der Waals surface area contributed by atoms with Gasteiger partial charge in [0.2, 0.25) is 0 Å². The van der Waals surface area contributed by atoms with Crippen LogP contribution in [0, 0.1) is 6.92 Å². The van der Waals surface area contributed by atoms with E-state index in [1.54, 1.807) is 24.3 Å². The molecule has 0 saturated heterocycles. The lowest BCUT2D eigenvalue weighted by molar-refractivity contribution is -0.142. The first-order valence-electron chi connectivity index (χ1n) is 8.69. The molecule has 0 bridgehead atoms. The van der Waals surface area contributed by atoms with E-state index in [2.05, 4.69) is 20.4 Å². The Bertz CT molecular complexity index is 1230. The summed E-state index contributed by atoms with van der Waals surface area (Å²) in [4.78, 5) is 20.6. The van der Waals surface area contributed by atoms with Gasteiger partial charge in [-0.25, -0.2) is 14.5 Å². The number of amides is 1. The SMILES string of the molecule is Cc1ccc(-c2cc(C(F)(F)F)n3nc(C(=O)Nc4ccc(Cl)cn4)cc3n2)cc1. The van der Waals surface area contributed by atoms with Gasteiger partial charge in [-0.15, -0.1) is 0 Å². The van der Waals surface area contributed by atoms with E-state index in [0.717, 1.165) is 11.6 Å². The number of halogens is 4. The minimum Gasteiger partial charge on any atom is -0.305 e. The maximum Gasteiger partial charge on any atom is 0.433 e. The number of alkyl halides is 3. The summed E-state index contributed by atoms with van der Waals surface area (Å²) in [5.74, 6) is -0.536. The lowest BCUT2D eigenvalue weighted by Gasteiger charge is -2.11. The first-order chi connectivity index (χ1) is 14.2. The van der Waals surface area contributed by atoms with Gasteiger partial charge in [-0.3, -0.25) is 4.79 Å². The quantitative estimate of drug-likeness (QED) is 0.494. The van der Waals surface area contributed by atoms with E-state index in [-0.39, 0.29) is 22.9 Å². The van der Waals surface area contributed by atoms with Gasteiger partial charge in [0.25, 0.3) is 5.91 Å². The van der Waals surface area contributed by atoms with E-state index in [1.807, 2.05) is 6.92 Å². The molecular formula is C20H13ClF3N5O. The molecule has 0 saturated carbocycles. The molecule has 0 fully saturated rings. The zero-order valence-electron chi connectivity index (χ0n) is 15.4. The Balaban J connectivity index is 1.77. The van der Waals surface area contributed by atoms with E-state index in [4.69, 9.17) is 11.6 Å². The van der Waals surface area contributed by atoms with Crippen molar-refractivity contribution in [2.24, 2.45) is 0 Å². The highest BCUT2D eigenvalue weighted by molar-refractivity contribution is 6.30. The molecule has 1 aromatic carbocycles. The van der Waals surface area contributed by atoms with Gasteiger partial charge in [-0.05, 0) is 25.1 Å². The van der Waals surface area contributed by atoms with Gasteiger partial charge >= 0.3 is 6.18 Å². The number of anilines is 1. The van der Waals surface area contributed by atoms with Gasteiger partial charge in [0, 0.05) is 17.8 Å². The Morgan fingerprint density at radius 3 is 2.47 bits per heavy atom. The normalized spacial score (nSPS) is 11.6. The highest BCUT2D eigenvalue weighted by Crippen LogP contribution is 2.32. The van der Waals surface area contributed by atoms with Crippen molar-refractivity contribution in [3.63, 3.8) is 0 Å². The van der Waals surface area contributed by atoms with Crippen LogP contribution in [0.25, 0.3) is 16.9 Å². The fraction of sp³-hybridized carbons (Fsp3) is 0.100. The third kappa shape index (κ3) is 3.97. The maximum atomic E-state index is 13.7. The second-order valence-electron chi connectivity index (χ2n) is 6.51. The molecule has 4 aromatic rings. The molecule has 0 aliphatic carbocycles. The third-order valence-electron chi connectivity index (χ3n) is 4.27. The second-order valence-corrected chi connectivity index (χ2v) is 6.94. The number of carbonyl (C=O) groups is 1. The van der Waals surface area contributed by atoms with Crippen LogP contribution in [0.4, 0.5) is 19.0 Å². The minimum absolute atomic E-state index is 0.102. The number of aromatic nitrogens is 4. The summed E-state index contributed by atoms with van der Waals surface area (Å²) in [6.07, 6.45) is -3.36. The number of pyridine rings is 1. The van der Waals surface area contributed by atoms with Crippen molar-refractivity contribution in [2.45, 2.75) is 13.1 Å². The van der Waals surface area contributed by atoms with Crippen LogP contribution in [-0.4, -0.2) is 25.5 Å². The van der Waals surface area contributed by atoms with E-state index >= 15 is 0 Å². The minimum atomic E-state index is -4.70. The average molecular weight is 432 g/mol. The smallest absolute Gasteiger partial charge is 0.305 e. The average Bonchev–Trinajstić information content (AvgIpc) is 3.13. The Kier molecular flexibility index (Phi) is 4.90. The van der Waals surface area contributed by atoms with Crippen LogP contribution in [-0.2, 0) is 6.18 Å². The van der Waals surface area contributed by atoms with E-state index in [9.17, 15) is 18.0 Å². The summed E-state index contributed by atoms with van der Waals surface area (Å²) in [5, 5.41) is 6.65. The Labute approximate surface area is 173 Å². The van der Waals surface area contributed by atoms with Crippen molar-refractivity contribution in [1.29, 1.82) is 0 Å². The number of hydrogen-bond acceptors (Lipinski definition) is 4. The van der Waals surface area contributed by atoms with Crippen LogP contribution in [0.3, 0.4) is 0 Å². The first-order valence-corrected chi connectivity index (χ1v) is 9.06. The molecule has 6 nitrogen and oxygen atoms in total. The Morgan fingerprint density at radius 1 is 1.10 bits per heavy atom. The Hall–Kier alpha value is -3.46. The van der Waals surface area contributed by atoms with Crippen LogP contribution in [0.2, 0.25) is 5.02 Å². The molecule has 0 aliphatic heterocycles. The Morgan fingerprint density at radius 2 is 1.83 bits per heavy atom. The monoisotopic (exact) mass is 431 g/mol. The molecule has 1 amide bonds.